The summed E-state index contributed by atoms with van der Waals surface area (Å²) in [5.74, 6) is 0.849. The molecule has 0 saturated carbocycles. The van der Waals surface area contributed by atoms with Crippen molar-refractivity contribution in [1.82, 2.24) is 4.98 Å². The second-order valence-corrected chi connectivity index (χ2v) is 7.31. The van der Waals surface area contributed by atoms with Crippen LogP contribution >= 0.6 is 11.3 Å². The van der Waals surface area contributed by atoms with Crippen molar-refractivity contribution in [3.63, 3.8) is 0 Å². The number of rotatable bonds is 6. The number of para-hydroxylation sites is 1. The molecule has 1 aromatic heterocycles. The normalized spacial score (nSPS) is 12.2. The Morgan fingerprint density at radius 1 is 1.23 bits per heavy atom. The van der Waals surface area contributed by atoms with Crippen LogP contribution in [-0.4, -0.2) is 17.4 Å². The van der Waals surface area contributed by atoms with Gasteiger partial charge in [0.1, 0.15) is 16.9 Å². The monoisotopic (exact) mass is 368 g/mol. The van der Waals surface area contributed by atoms with Gasteiger partial charge in [-0.3, -0.25) is 4.79 Å². The summed E-state index contributed by atoms with van der Waals surface area (Å²) in [4.78, 5) is 18.3. The van der Waals surface area contributed by atoms with E-state index in [0.717, 1.165) is 33.9 Å². The number of carbonyl (C=O) groups is 1. The van der Waals surface area contributed by atoms with Gasteiger partial charge in [0.2, 0.25) is 5.91 Å². The molecule has 0 radical (unpaired) electrons. The number of fused-ring (bicyclic) bond motifs is 1. The van der Waals surface area contributed by atoms with Crippen LogP contribution in [0.1, 0.15) is 43.9 Å². The van der Waals surface area contributed by atoms with Crippen molar-refractivity contribution < 1.29 is 9.53 Å². The van der Waals surface area contributed by atoms with Gasteiger partial charge in [-0.2, -0.15) is 0 Å². The van der Waals surface area contributed by atoms with Crippen LogP contribution in [0.25, 0.3) is 10.2 Å². The van der Waals surface area contributed by atoms with Gasteiger partial charge >= 0.3 is 0 Å². The van der Waals surface area contributed by atoms with E-state index in [-0.39, 0.29) is 12.0 Å². The number of aromatic nitrogens is 1. The standard InChI is InChI=1S/C21H24N2O2S/c1-5-19(21-22-17-9-7-8-10-20(17)26-21)25-16-11-12-18(14(3)13-16)23(6-2)15(4)24/h7-13,19H,5-6H2,1-4H3. The average Bonchev–Trinajstić information content (AvgIpc) is 3.05. The maximum absolute atomic E-state index is 11.8. The van der Waals surface area contributed by atoms with Crippen LogP contribution in [-0.2, 0) is 4.79 Å². The molecule has 5 heteroatoms. The van der Waals surface area contributed by atoms with Gasteiger partial charge < -0.3 is 9.64 Å². The Morgan fingerprint density at radius 2 is 2.00 bits per heavy atom. The van der Waals surface area contributed by atoms with Gasteiger partial charge in [0.25, 0.3) is 0 Å². The van der Waals surface area contributed by atoms with Crippen molar-refractivity contribution in [3.05, 3.63) is 53.0 Å². The summed E-state index contributed by atoms with van der Waals surface area (Å²) in [5, 5.41) is 0.995. The number of thiazole rings is 1. The molecule has 0 spiro atoms. The fraction of sp³-hybridized carbons (Fsp3) is 0.333. The third-order valence-electron chi connectivity index (χ3n) is 4.39. The van der Waals surface area contributed by atoms with Crippen molar-refractivity contribution in [3.8, 4) is 5.75 Å². The summed E-state index contributed by atoms with van der Waals surface area (Å²) in [6.07, 6.45) is 0.766. The highest BCUT2D eigenvalue weighted by atomic mass is 32.1. The average molecular weight is 369 g/mol. The number of anilines is 1. The van der Waals surface area contributed by atoms with Crippen molar-refractivity contribution in [2.45, 2.75) is 40.2 Å². The van der Waals surface area contributed by atoms with Crippen molar-refractivity contribution >= 4 is 33.1 Å². The first kappa shape index (κ1) is 18.4. The molecule has 0 aliphatic heterocycles. The minimum atomic E-state index is -0.0762. The molecule has 26 heavy (non-hydrogen) atoms. The first-order valence-corrected chi connectivity index (χ1v) is 9.76. The van der Waals surface area contributed by atoms with Gasteiger partial charge in [-0.25, -0.2) is 4.98 Å². The van der Waals surface area contributed by atoms with Crippen LogP contribution in [0.5, 0.6) is 5.75 Å². The number of carbonyl (C=O) groups excluding carboxylic acids is 1. The molecule has 0 aliphatic rings. The molecule has 0 N–H and O–H groups in total. The lowest BCUT2D eigenvalue weighted by atomic mass is 10.1. The van der Waals surface area contributed by atoms with Crippen molar-refractivity contribution in [1.29, 1.82) is 0 Å². The number of benzene rings is 2. The molecule has 1 heterocycles. The van der Waals surface area contributed by atoms with Crippen molar-refractivity contribution in [2.24, 2.45) is 0 Å². The Labute approximate surface area is 158 Å². The maximum Gasteiger partial charge on any atom is 0.223 e. The molecule has 0 fully saturated rings. The fourth-order valence-electron chi connectivity index (χ4n) is 3.07. The Balaban J connectivity index is 1.84. The van der Waals surface area contributed by atoms with Gasteiger partial charge in [0, 0.05) is 19.2 Å². The van der Waals surface area contributed by atoms with Gasteiger partial charge in [-0.05, 0) is 56.2 Å². The minimum Gasteiger partial charge on any atom is -0.483 e. The number of nitrogens with zero attached hydrogens (tertiary/aromatic N) is 2. The number of hydrogen-bond donors (Lipinski definition) is 0. The van der Waals surface area contributed by atoms with E-state index in [2.05, 4.69) is 13.0 Å². The Morgan fingerprint density at radius 3 is 2.62 bits per heavy atom. The summed E-state index contributed by atoms with van der Waals surface area (Å²) in [6.45, 7) is 8.33. The van der Waals surface area contributed by atoms with Gasteiger partial charge in [0.05, 0.1) is 10.2 Å². The molecule has 3 rings (SSSR count). The topological polar surface area (TPSA) is 42.4 Å². The smallest absolute Gasteiger partial charge is 0.223 e. The lowest BCUT2D eigenvalue weighted by Crippen LogP contribution is -2.28. The lowest BCUT2D eigenvalue weighted by molar-refractivity contribution is -0.116. The second kappa shape index (κ2) is 7.87. The zero-order chi connectivity index (χ0) is 18.7. The third kappa shape index (κ3) is 3.73. The molecule has 136 valence electrons. The van der Waals surface area contributed by atoms with E-state index >= 15 is 0 Å². The molecule has 4 nitrogen and oxygen atoms in total. The Bertz CT molecular complexity index is 886. The lowest BCUT2D eigenvalue weighted by Gasteiger charge is -2.22. The van der Waals surface area contributed by atoms with Gasteiger partial charge in [0.15, 0.2) is 0 Å². The Hall–Kier alpha value is -2.40. The zero-order valence-electron chi connectivity index (χ0n) is 15.7. The molecule has 3 aromatic rings. The van der Waals surface area contributed by atoms with Crippen LogP contribution in [0.2, 0.25) is 0 Å². The van der Waals surface area contributed by atoms with Crippen LogP contribution in [0.3, 0.4) is 0 Å². The van der Waals surface area contributed by atoms with Gasteiger partial charge in [-0.1, -0.05) is 19.1 Å². The summed E-state index contributed by atoms with van der Waals surface area (Å²) in [6, 6.07) is 14.0. The van der Waals surface area contributed by atoms with Crippen LogP contribution < -0.4 is 9.64 Å². The first-order valence-electron chi connectivity index (χ1n) is 8.94. The summed E-state index contributed by atoms with van der Waals surface area (Å²) in [5.41, 5.74) is 2.97. The molecular formula is C21H24N2O2S. The molecule has 0 aliphatic carbocycles. The zero-order valence-corrected chi connectivity index (χ0v) is 16.5. The highest BCUT2D eigenvalue weighted by Crippen LogP contribution is 2.33. The summed E-state index contributed by atoms with van der Waals surface area (Å²) < 4.78 is 7.41. The van der Waals surface area contributed by atoms with E-state index in [1.54, 1.807) is 23.2 Å². The molecule has 0 bridgehead atoms. The van der Waals surface area contributed by atoms with E-state index in [9.17, 15) is 4.79 Å². The number of hydrogen-bond acceptors (Lipinski definition) is 4. The Kier molecular flexibility index (Phi) is 5.57. The molecule has 1 amide bonds. The largest absolute Gasteiger partial charge is 0.483 e. The van der Waals surface area contributed by atoms with Crippen LogP contribution in [0.15, 0.2) is 42.5 Å². The van der Waals surface area contributed by atoms with Crippen LogP contribution in [0.4, 0.5) is 5.69 Å². The number of amides is 1. The molecule has 0 saturated heterocycles. The number of ether oxygens (including phenoxy) is 1. The third-order valence-corrected chi connectivity index (χ3v) is 5.52. The van der Waals surface area contributed by atoms with Crippen molar-refractivity contribution in [2.75, 3.05) is 11.4 Å². The SMILES string of the molecule is CCC(Oc1ccc(N(CC)C(C)=O)c(C)c1)c1nc2ccccc2s1. The molecule has 2 aromatic carbocycles. The molecule has 1 unspecified atom stereocenters. The minimum absolute atomic E-state index is 0.0465. The summed E-state index contributed by atoms with van der Waals surface area (Å²) in [7, 11) is 0. The van der Waals surface area contributed by atoms with Crippen LogP contribution in [0, 0.1) is 6.92 Å². The fourth-order valence-corrected chi connectivity index (χ4v) is 4.15. The summed E-state index contributed by atoms with van der Waals surface area (Å²) >= 11 is 1.68. The number of aryl methyl sites for hydroxylation is 1. The van der Waals surface area contributed by atoms with E-state index in [1.165, 1.54) is 4.70 Å². The van der Waals surface area contributed by atoms with E-state index in [0.29, 0.717) is 6.54 Å². The van der Waals surface area contributed by atoms with Gasteiger partial charge in [-0.15, -0.1) is 11.3 Å². The quantitative estimate of drug-likeness (QED) is 0.576. The van der Waals surface area contributed by atoms with E-state index in [1.807, 2.05) is 50.2 Å². The molecular weight excluding hydrogens is 344 g/mol. The van der Waals surface area contributed by atoms with E-state index in [4.69, 9.17) is 9.72 Å². The second-order valence-electron chi connectivity index (χ2n) is 6.25. The highest BCUT2D eigenvalue weighted by Gasteiger charge is 2.18. The first-order chi connectivity index (χ1) is 12.5. The maximum atomic E-state index is 11.8. The van der Waals surface area contributed by atoms with E-state index < -0.39 is 0 Å². The highest BCUT2D eigenvalue weighted by molar-refractivity contribution is 7.18. The molecule has 1 atom stereocenters. The predicted molar refractivity (Wildman–Crippen MR) is 108 cm³/mol. The predicted octanol–water partition coefficient (Wildman–Crippen LogP) is 5.51.